The van der Waals surface area contributed by atoms with Crippen LogP contribution in [0, 0.1) is 0 Å². The van der Waals surface area contributed by atoms with Gasteiger partial charge in [-0.1, -0.05) is 18.2 Å². The van der Waals surface area contributed by atoms with Gasteiger partial charge in [0.05, 0.1) is 25.7 Å². The number of nitrogens with one attached hydrogen (secondary N) is 1. The molecule has 31 heavy (non-hydrogen) atoms. The summed E-state index contributed by atoms with van der Waals surface area (Å²) in [5.41, 5.74) is 1.30. The Bertz CT molecular complexity index is 814. The Kier molecular flexibility index (Phi) is 7.08. The number of ether oxygens (including phenoxy) is 1. The topological polar surface area (TPSA) is 82.2 Å². The molecule has 1 saturated heterocycles. The van der Waals surface area contributed by atoms with Gasteiger partial charge in [0.15, 0.2) is 0 Å². The van der Waals surface area contributed by atoms with Gasteiger partial charge in [0.2, 0.25) is 11.8 Å². The molecule has 0 aliphatic carbocycles. The maximum absolute atomic E-state index is 12.8. The van der Waals surface area contributed by atoms with E-state index >= 15 is 0 Å². The lowest BCUT2D eigenvalue weighted by molar-refractivity contribution is -0.131. The number of carbonyl (C=O) groups is 3. The number of hydrogen-bond acceptors (Lipinski definition) is 5. The number of hydrogen-bond donors (Lipinski definition) is 1. The fourth-order valence-corrected chi connectivity index (χ4v) is 4.00. The number of fused-ring (bicyclic) bond motifs is 1. The quantitative estimate of drug-likeness (QED) is 0.793. The zero-order chi connectivity index (χ0) is 22.6. The second-order valence-corrected chi connectivity index (χ2v) is 9.33. The minimum atomic E-state index is -0.579. The van der Waals surface area contributed by atoms with Crippen LogP contribution in [0.15, 0.2) is 24.3 Å². The van der Waals surface area contributed by atoms with Crippen LogP contribution in [0.1, 0.15) is 46.1 Å². The molecule has 0 saturated carbocycles. The van der Waals surface area contributed by atoms with Crippen molar-refractivity contribution in [1.29, 1.82) is 0 Å². The van der Waals surface area contributed by atoms with Crippen molar-refractivity contribution in [3.05, 3.63) is 29.8 Å². The highest BCUT2D eigenvalue weighted by Crippen LogP contribution is 2.28. The van der Waals surface area contributed by atoms with E-state index in [0.717, 1.165) is 37.2 Å². The van der Waals surface area contributed by atoms with Gasteiger partial charge in [-0.05, 0) is 52.2 Å². The van der Waals surface area contributed by atoms with E-state index in [1.165, 1.54) is 0 Å². The zero-order valence-corrected chi connectivity index (χ0v) is 19.0. The highest BCUT2D eigenvalue weighted by Gasteiger charge is 2.32. The maximum Gasteiger partial charge on any atom is 0.410 e. The van der Waals surface area contributed by atoms with Crippen LogP contribution in [-0.2, 0) is 20.9 Å². The van der Waals surface area contributed by atoms with Crippen LogP contribution in [0.5, 0.6) is 0 Å². The van der Waals surface area contributed by atoms with E-state index < -0.39 is 5.60 Å². The average molecular weight is 431 g/mol. The molecule has 2 heterocycles. The monoisotopic (exact) mass is 430 g/mol. The summed E-state index contributed by atoms with van der Waals surface area (Å²) >= 11 is 0. The Hall–Kier alpha value is -2.77. The minimum absolute atomic E-state index is 0.0217. The van der Waals surface area contributed by atoms with Gasteiger partial charge in [0.25, 0.3) is 0 Å². The Balaban J connectivity index is 1.67. The molecule has 8 nitrogen and oxygen atoms in total. The van der Waals surface area contributed by atoms with E-state index in [2.05, 4.69) is 5.32 Å². The third-order valence-electron chi connectivity index (χ3n) is 5.55. The minimum Gasteiger partial charge on any atom is -0.444 e. The Morgan fingerprint density at radius 1 is 1.13 bits per heavy atom. The number of nitrogens with zero attached hydrogens (tertiary/aromatic N) is 3. The van der Waals surface area contributed by atoms with Gasteiger partial charge in [-0.25, -0.2) is 4.79 Å². The summed E-state index contributed by atoms with van der Waals surface area (Å²) in [6.07, 6.45) is 1.68. The van der Waals surface area contributed by atoms with Crippen molar-refractivity contribution in [3.63, 3.8) is 0 Å². The summed E-state index contributed by atoms with van der Waals surface area (Å²) < 4.78 is 5.60. The van der Waals surface area contributed by atoms with E-state index in [4.69, 9.17) is 4.74 Å². The standard InChI is InChI=1S/C23H34N4O4/c1-17-14-26(16-20(28)24-13-21(29)25-11-7-8-12-25)19-10-6-5-9-18(19)15-27(17)22(30)31-23(2,3)4/h5-6,9-10,17H,7-8,11-16H2,1-4H3,(H,24,28). The second-order valence-electron chi connectivity index (χ2n) is 9.33. The number of anilines is 1. The third kappa shape index (κ3) is 6.12. The number of amides is 3. The van der Waals surface area contributed by atoms with Gasteiger partial charge >= 0.3 is 6.09 Å². The third-order valence-corrected chi connectivity index (χ3v) is 5.55. The lowest BCUT2D eigenvalue weighted by Crippen LogP contribution is -2.47. The first kappa shape index (κ1) is 22.9. The van der Waals surface area contributed by atoms with E-state index in [0.29, 0.717) is 13.1 Å². The first-order valence-corrected chi connectivity index (χ1v) is 11.0. The van der Waals surface area contributed by atoms with Gasteiger partial charge in [-0.3, -0.25) is 14.5 Å². The summed E-state index contributed by atoms with van der Waals surface area (Å²) in [5, 5.41) is 2.76. The summed E-state index contributed by atoms with van der Waals surface area (Å²) in [6, 6.07) is 7.63. The molecule has 3 amide bonds. The van der Waals surface area contributed by atoms with Crippen LogP contribution < -0.4 is 10.2 Å². The summed E-state index contributed by atoms with van der Waals surface area (Å²) in [6.45, 7) is 10.1. The van der Waals surface area contributed by atoms with E-state index in [9.17, 15) is 14.4 Å². The number of likely N-dealkylation sites (tertiary alicyclic amines) is 1. The maximum atomic E-state index is 12.8. The molecule has 1 atom stereocenters. The lowest BCUT2D eigenvalue weighted by Gasteiger charge is -2.31. The first-order valence-electron chi connectivity index (χ1n) is 11.0. The summed E-state index contributed by atoms with van der Waals surface area (Å²) in [7, 11) is 0. The number of carbonyl (C=O) groups excluding carboxylic acids is 3. The number of benzene rings is 1. The molecule has 0 aromatic heterocycles. The van der Waals surface area contributed by atoms with Crippen LogP contribution in [0.2, 0.25) is 0 Å². The van der Waals surface area contributed by atoms with Gasteiger partial charge in [0.1, 0.15) is 5.60 Å². The van der Waals surface area contributed by atoms with Crippen molar-refractivity contribution in [2.75, 3.05) is 37.6 Å². The van der Waals surface area contributed by atoms with Crippen molar-refractivity contribution in [1.82, 2.24) is 15.1 Å². The molecule has 1 aromatic carbocycles. The van der Waals surface area contributed by atoms with Crippen LogP contribution in [0.4, 0.5) is 10.5 Å². The molecular formula is C23H34N4O4. The van der Waals surface area contributed by atoms with Crippen molar-refractivity contribution in [2.24, 2.45) is 0 Å². The fraction of sp³-hybridized carbons (Fsp3) is 0.609. The van der Waals surface area contributed by atoms with Gasteiger partial charge < -0.3 is 19.9 Å². The molecule has 1 N–H and O–H groups in total. The molecule has 1 fully saturated rings. The predicted molar refractivity (Wildman–Crippen MR) is 119 cm³/mol. The number of rotatable bonds is 4. The van der Waals surface area contributed by atoms with Gasteiger partial charge in [0, 0.05) is 25.3 Å². The van der Waals surface area contributed by atoms with Crippen molar-refractivity contribution >= 4 is 23.6 Å². The SMILES string of the molecule is CC1CN(CC(=O)NCC(=O)N2CCCC2)c2ccccc2CN1C(=O)OC(C)(C)C. The first-order chi connectivity index (χ1) is 14.6. The normalized spacial score (nSPS) is 19.0. The van der Waals surface area contributed by atoms with E-state index in [1.807, 2.05) is 56.9 Å². The van der Waals surface area contributed by atoms with Crippen LogP contribution in [-0.4, -0.2) is 72.1 Å². The van der Waals surface area contributed by atoms with Crippen molar-refractivity contribution in [3.8, 4) is 0 Å². The molecule has 0 radical (unpaired) electrons. The van der Waals surface area contributed by atoms with Crippen LogP contribution in [0.25, 0.3) is 0 Å². The second kappa shape index (κ2) is 9.58. The Morgan fingerprint density at radius 2 is 1.81 bits per heavy atom. The highest BCUT2D eigenvalue weighted by atomic mass is 16.6. The Morgan fingerprint density at radius 3 is 2.48 bits per heavy atom. The molecule has 1 aromatic rings. The predicted octanol–water partition coefficient (Wildman–Crippen LogP) is 2.37. The summed E-state index contributed by atoms with van der Waals surface area (Å²) in [5.74, 6) is -0.244. The fourth-order valence-electron chi connectivity index (χ4n) is 4.00. The lowest BCUT2D eigenvalue weighted by atomic mass is 10.1. The van der Waals surface area contributed by atoms with E-state index in [-0.39, 0.29) is 37.0 Å². The van der Waals surface area contributed by atoms with Crippen LogP contribution >= 0.6 is 0 Å². The van der Waals surface area contributed by atoms with Crippen molar-refractivity contribution < 1.29 is 19.1 Å². The molecule has 1 unspecified atom stereocenters. The molecule has 0 spiro atoms. The Labute approximate surface area is 184 Å². The van der Waals surface area contributed by atoms with Crippen LogP contribution in [0.3, 0.4) is 0 Å². The molecule has 2 aliphatic rings. The average Bonchev–Trinajstić information content (AvgIpc) is 3.19. The largest absolute Gasteiger partial charge is 0.444 e. The molecule has 170 valence electrons. The van der Waals surface area contributed by atoms with Gasteiger partial charge in [-0.2, -0.15) is 0 Å². The summed E-state index contributed by atoms with van der Waals surface area (Å²) in [4.78, 5) is 43.1. The smallest absolute Gasteiger partial charge is 0.410 e. The highest BCUT2D eigenvalue weighted by molar-refractivity contribution is 5.87. The number of para-hydroxylation sites is 1. The molecule has 2 aliphatic heterocycles. The van der Waals surface area contributed by atoms with Gasteiger partial charge in [-0.15, -0.1) is 0 Å². The molecule has 3 rings (SSSR count). The molecule has 0 bridgehead atoms. The van der Waals surface area contributed by atoms with Crippen molar-refractivity contribution in [2.45, 2.75) is 58.7 Å². The molecule has 8 heteroatoms. The molecular weight excluding hydrogens is 396 g/mol. The zero-order valence-electron chi connectivity index (χ0n) is 19.0. The van der Waals surface area contributed by atoms with E-state index in [1.54, 1.807) is 9.80 Å².